The average Bonchev–Trinajstić information content (AvgIpc) is 2.59. The summed E-state index contributed by atoms with van der Waals surface area (Å²) in [6, 6.07) is 5.08. The lowest BCUT2D eigenvalue weighted by atomic mass is 10.1. The molecule has 6 nitrogen and oxygen atoms in total. The van der Waals surface area contributed by atoms with Gasteiger partial charge in [0.2, 0.25) is 5.96 Å². The lowest BCUT2D eigenvalue weighted by molar-refractivity contribution is 0.373. The van der Waals surface area contributed by atoms with Gasteiger partial charge < -0.3 is 15.2 Å². The molecule has 0 aromatic heterocycles. The van der Waals surface area contributed by atoms with E-state index in [1.807, 2.05) is 6.19 Å². The van der Waals surface area contributed by atoms with Crippen LogP contribution in [0.15, 0.2) is 23.2 Å². The van der Waals surface area contributed by atoms with Gasteiger partial charge in [-0.2, -0.15) is 5.26 Å². The first-order chi connectivity index (χ1) is 11.7. The Morgan fingerprint density at radius 1 is 1.25 bits per heavy atom. The van der Waals surface area contributed by atoms with Crippen LogP contribution >= 0.6 is 0 Å². The highest BCUT2D eigenvalue weighted by molar-refractivity contribution is 5.81. The normalized spacial score (nSPS) is 11.0. The summed E-state index contributed by atoms with van der Waals surface area (Å²) in [6.07, 6.45) is 9.23. The minimum atomic E-state index is 0.0989. The standard InChI is InChI=1S/C18H28N4O2/c1-3-4-5-6-7-8-11-20-18(22-14-19)21-13-15-9-10-16(23)17(12-15)24-2/h9-10,12,23H,3-8,11,13H2,1-2H3,(H2,20,21,22). The van der Waals surface area contributed by atoms with Crippen LogP contribution in [0.3, 0.4) is 0 Å². The van der Waals surface area contributed by atoms with E-state index in [9.17, 15) is 5.11 Å². The summed E-state index contributed by atoms with van der Waals surface area (Å²) in [5.41, 5.74) is 0.892. The Hall–Kier alpha value is -2.42. The molecular formula is C18H28N4O2. The molecule has 1 rings (SSSR count). The van der Waals surface area contributed by atoms with Gasteiger partial charge in [0.05, 0.1) is 13.7 Å². The van der Waals surface area contributed by atoms with Gasteiger partial charge in [-0.3, -0.25) is 5.32 Å². The molecule has 0 saturated carbocycles. The van der Waals surface area contributed by atoms with Crippen molar-refractivity contribution in [3.8, 4) is 17.7 Å². The second kappa shape index (κ2) is 12.1. The molecule has 0 amide bonds. The van der Waals surface area contributed by atoms with E-state index in [4.69, 9.17) is 10.00 Å². The van der Waals surface area contributed by atoms with Crippen molar-refractivity contribution in [2.24, 2.45) is 4.99 Å². The Kier molecular flexibility index (Phi) is 9.86. The molecule has 0 radical (unpaired) electrons. The van der Waals surface area contributed by atoms with E-state index in [0.717, 1.165) is 18.5 Å². The Morgan fingerprint density at radius 3 is 2.71 bits per heavy atom. The largest absolute Gasteiger partial charge is 0.504 e. The van der Waals surface area contributed by atoms with Crippen molar-refractivity contribution in [1.82, 2.24) is 10.6 Å². The summed E-state index contributed by atoms with van der Waals surface area (Å²) in [7, 11) is 1.51. The molecule has 6 heteroatoms. The molecule has 3 N–H and O–H groups in total. The summed E-state index contributed by atoms with van der Waals surface area (Å²) in [5.74, 6) is 0.984. The van der Waals surface area contributed by atoms with Crippen LogP contribution in [0, 0.1) is 11.5 Å². The van der Waals surface area contributed by atoms with Gasteiger partial charge in [-0.1, -0.05) is 45.1 Å². The van der Waals surface area contributed by atoms with Crippen molar-refractivity contribution in [2.75, 3.05) is 13.7 Å². The van der Waals surface area contributed by atoms with Crippen molar-refractivity contribution in [2.45, 2.75) is 52.0 Å². The number of unbranched alkanes of at least 4 members (excludes halogenated alkanes) is 5. The molecule has 0 saturated heterocycles. The Balaban J connectivity index is 2.43. The third kappa shape index (κ3) is 7.73. The van der Waals surface area contributed by atoms with Crippen molar-refractivity contribution < 1.29 is 9.84 Å². The van der Waals surface area contributed by atoms with Gasteiger partial charge in [-0.25, -0.2) is 4.99 Å². The Labute approximate surface area is 144 Å². The van der Waals surface area contributed by atoms with E-state index in [0.29, 0.717) is 18.3 Å². The number of aliphatic imine (C=N–C) groups is 1. The molecule has 0 aliphatic heterocycles. The van der Waals surface area contributed by atoms with E-state index >= 15 is 0 Å². The fourth-order valence-electron chi connectivity index (χ4n) is 2.30. The average molecular weight is 332 g/mol. The number of methoxy groups -OCH3 is 1. The minimum absolute atomic E-state index is 0.0989. The molecule has 0 aliphatic rings. The van der Waals surface area contributed by atoms with Crippen molar-refractivity contribution in [3.05, 3.63) is 23.8 Å². The third-order valence-electron chi connectivity index (χ3n) is 3.66. The van der Waals surface area contributed by atoms with Gasteiger partial charge in [-0.05, 0) is 24.1 Å². The van der Waals surface area contributed by atoms with Gasteiger partial charge in [-0.15, -0.1) is 0 Å². The number of phenols is 1. The van der Waals surface area contributed by atoms with Crippen LogP contribution in [0.4, 0.5) is 0 Å². The van der Waals surface area contributed by atoms with Crippen LogP contribution in [0.25, 0.3) is 0 Å². The van der Waals surface area contributed by atoms with Crippen LogP contribution in [-0.2, 0) is 6.54 Å². The molecule has 0 unspecified atom stereocenters. The predicted molar refractivity (Wildman–Crippen MR) is 95.9 cm³/mol. The number of hydrogen-bond acceptors (Lipinski definition) is 4. The summed E-state index contributed by atoms with van der Waals surface area (Å²) >= 11 is 0. The number of aromatic hydroxyl groups is 1. The lowest BCUT2D eigenvalue weighted by Gasteiger charge is -2.09. The molecule has 0 bridgehead atoms. The first-order valence-corrected chi connectivity index (χ1v) is 8.50. The van der Waals surface area contributed by atoms with Gasteiger partial charge in [0, 0.05) is 6.54 Å². The number of ether oxygens (including phenoxy) is 1. The number of guanidine groups is 1. The topological polar surface area (TPSA) is 89.7 Å². The summed E-state index contributed by atoms with van der Waals surface area (Å²) < 4.78 is 5.08. The molecule has 0 spiro atoms. The maximum atomic E-state index is 9.59. The molecule has 0 atom stereocenters. The number of rotatable bonds is 10. The Bertz CT molecular complexity index is 552. The summed E-state index contributed by atoms with van der Waals surface area (Å²) in [4.78, 5) is 4.37. The molecule has 0 heterocycles. The summed E-state index contributed by atoms with van der Waals surface area (Å²) in [5, 5.41) is 24.1. The number of nitriles is 1. The Morgan fingerprint density at radius 2 is 2.00 bits per heavy atom. The second-order valence-electron chi connectivity index (χ2n) is 5.60. The number of hydrogen-bond donors (Lipinski definition) is 3. The van der Waals surface area contributed by atoms with Gasteiger partial charge in [0.25, 0.3) is 0 Å². The molecule has 24 heavy (non-hydrogen) atoms. The van der Waals surface area contributed by atoms with E-state index in [1.165, 1.54) is 39.2 Å². The fraction of sp³-hybridized carbons (Fsp3) is 0.556. The van der Waals surface area contributed by atoms with Crippen LogP contribution in [0.2, 0.25) is 0 Å². The quantitative estimate of drug-likeness (QED) is 0.201. The minimum Gasteiger partial charge on any atom is -0.504 e. The zero-order valence-electron chi connectivity index (χ0n) is 14.6. The maximum Gasteiger partial charge on any atom is 0.205 e. The van der Waals surface area contributed by atoms with Gasteiger partial charge >= 0.3 is 0 Å². The van der Waals surface area contributed by atoms with Crippen molar-refractivity contribution >= 4 is 5.96 Å². The zero-order chi connectivity index (χ0) is 17.6. The van der Waals surface area contributed by atoms with Crippen LogP contribution in [0.1, 0.15) is 51.0 Å². The smallest absolute Gasteiger partial charge is 0.205 e. The van der Waals surface area contributed by atoms with Crippen LogP contribution in [-0.4, -0.2) is 24.7 Å². The van der Waals surface area contributed by atoms with Gasteiger partial charge in [0.15, 0.2) is 17.7 Å². The number of nitrogens with zero attached hydrogens (tertiary/aromatic N) is 2. The third-order valence-corrected chi connectivity index (χ3v) is 3.66. The van der Waals surface area contributed by atoms with E-state index in [2.05, 4.69) is 22.5 Å². The van der Waals surface area contributed by atoms with Crippen molar-refractivity contribution in [1.29, 1.82) is 5.26 Å². The van der Waals surface area contributed by atoms with E-state index in [1.54, 1.807) is 18.2 Å². The maximum absolute atomic E-state index is 9.59. The predicted octanol–water partition coefficient (Wildman–Crippen LogP) is 3.28. The number of benzene rings is 1. The fourth-order valence-corrected chi connectivity index (χ4v) is 2.30. The molecule has 0 fully saturated rings. The molecule has 132 valence electrons. The highest BCUT2D eigenvalue weighted by Gasteiger charge is 2.03. The highest BCUT2D eigenvalue weighted by atomic mass is 16.5. The van der Waals surface area contributed by atoms with E-state index < -0.39 is 0 Å². The van der Waals surface area contributed by atoms with Gasteiger partial charge in [0.1, 0.15) is 0 Å². The first-order valence-electron chi connectivity index (χ1n) is 8.50. The SMILES string of the molecule is CCCCCCCCNC(=NCc1ccc(O)c(OC)c1)NC#N. The first kappa shape index (κ1) is 19.6. The molecule has 1 aromatic rings. The molecule has 1 aromatic carbocycles. The van der Waals surface area contributed by atoms with Crippen LogP contribution < -0.4 is 15.4 Å². The monoisotopic (exact) mass is 332 g/mol. The summed E-state index contributed by atoms with van der Waals surface area (Å²) in [6.45, 7) is 3.39. The van der Waals surface area contributed by atoms with E-state index in [-0.39, 0.29) is 5.75 Å². The zero-order valence-corrected chi connectivity index (χ0v) is 14.6. The number of nitrogens with one attached hydrogen (secondary N) is 2. The highest BCUT2D eigenvalue weighted by Crippen LogP contribution is 2.26. The van der Waals surface area contributed by atoms with Crippen molar-refractivity contribution in [3.63, 3.8) is 0 Å². The van der Waals surface area contributed by atoms with Crippen LogP contribution in [0.5, 0.6) is 11.5 Å². The lowest BCUT2D eigenvalue weighted by Crippen LogP contribution is -2.35. The molecule has 0 aliphatic carbocycles. The second-order valence-corrected chi connectivity index (χ2v) is 5.60. The molecular weight excluding hydrogens is 304 g/mol. The number of phenolic OH excluding ortho intramolecular Hbond substituents is 1.